The second-order valence-electron chi connectivity index (χ2n) is 5.98. The van der Waals surface area contributed by atoms with Crippen LogP contribution in [-0.4, -0.2) is 22.8 Å². The molecule has 29 heavy (non-hydrogen) atoms. The van der Waals surface area contributed by atoms with E-state index in [-0.39, 0.29) is 11.0 Å². The summed E-state index contributed by atoms with van der Waals surface area (Å²) < 4.78 is 0. The Bertz CT molecular complexity index is 878. The molecule has 3 amide bonds. The molecule has 152 valence electrons. The van der Waals surface area contributed by atoms with Gasteiger partial charge in [-0.2, -0.15) is 0 Å². The van der Waals surface area contributed by atoms with E-state index >= 15 is 0 Å². The number of benzene rings is 1. The highest BCUT2D eigenvalue weighted by atomic mass is 32.1. The van der Waals surface area contributed by atoms with E-state index in [1.165, 1.54) is 17.4 Å². The molecule has 2 rings (SSSR count). The molecule has 0 spiro atoms. The van der Waals surface area contributed by atoms with Crippen LogP contribution in [0.2, 0.25) is 0 Å². The molecule has 0 unspecified atom stereocenters. The van der Waals surface area contributed by atoms with E-state index in [2.05, 4.69) is 21.5 Å². The first-order valence-corrected chi connectivity index (χ1v) is 10.3. The first kappa shape index (κ1) is 22.3. The first-order valence-electron chi connectivity index (χ1n) is 9.00. The van der Waals surface area contributed by atoms with Crippen molar-refractivity contribution < 1.29 is 14.4 Å². The minimum atomic E-state index is -0.431. The fourth-order valence-electron chi connectivity index (χ4n) is 2.18. The zero-order valence-corrected chi connectivity index (χ0v) is 17.5. The Morgan fingerprint density at radius 1 is 1.10 bits per heavy atom. The highest BCUT2D eigenvalue weighted by Gasteiger charge is 2.08. The lowest BCUT2D eigenvalue weighted by Gasteiger charge is -2.10. The van der Waals surface area contributed by atoms with Crippen LogP contribution in [-0.2, 0) is 9.59 Å². The summed E-state index contributed by atoms with van der Waals surface area (Å²) in [5.41, 5.74) is 5.87. The molecule has 2 aromatic rings. The Morgan fingerprint density at radius 2 is 1.86 bits per heavy atom. The van der Waals surface area contributed by atoms with Crippen LogP contribution >= 0.6 is 23.6 Å². The van der Waals surface area contributed by atoms with Crippen LogP contribution in [0.4, 0.5) is 5.69 Å². The second kappa shape index (κ2) is 11.7. The monoisotopic (exact) mass is 430 g/mol. The maximum absolute atomic E-state index is 12.1. The molecule has 0 aliphatic carbocycles. The quantitative estimate of drug-likeness (QED) is 0.307. The topological polar surface area (TPSA) is 99.3 Å². The van der Waals surface area contributed by atoms with Gasteiger partial charge in [0.05, 0.1) is 0 Å². The predicted molar refractivity (Wildman–Crippen MR) is 119 cm³/mol. The first-order chi connectivity index (χ1) is 14.0. The van der Waals surface area contributed by atoms with Crippen molar-refractivity contribution in [2.24, 2.45) is 0 Å². The molecule has 0 radical (unpaired) electrons. The Kier molecular flexibility index (Phi) is 9.00. The molecule has 7 nitrogen and oxygen atoms in total. The fraction of sp³-hybridized carbons (Fsp3) is 0.200. The zero-order valence-electron chi connectivity index (χ0n) is 15.9. The van der Waals surface area contributed by atoms with Gasteiger partial charge in [-0.25, -0.2) is 0 Å². The van der Waals surface area contributed by atoms with E-state index in [9.17, 15) is 14.4 Å². The second-order valence-corrected chi connectivity index (χ2v) is 7.36. The largest absolute Gasteiger partial charge is 0.326 e. The summed E-state index contributed by atoms with van der Waals surface area (Å²) in [7, 11) is 0. The number of thiophene rings is 1. The van der Waals surface area contributed by atoms with Gasteiger partial charge in [0.1, 0.15) is 0 Å². The molecular weight excluding hydrogens is 408 g/mol. The molecular formula is C20H22N4O3S2. The lowest BCUT2D eigenvalue weighted by molar-refractivity contribution is -0.116. The molecule has 4 N–H and O–H groups in total. The summed E-state index contributed by atoms with van der Waals surface area (Å²) >= 11 is 6.49. The minimum Gasteiger partial charge on any atom is -0.326 e. The number of amides is 3. The minimum absolute atomic E-state index is 0.0287. The van der Waals surface area contributed by atoms with Crippen LogP contribution in [0.1, 0.15) is 41.4 Å². The van der Waals surface area contributed by atoms with Crippen LogP contribution in [0.15, 0.2) is 47.9 Å². The smallest absolute Gasteiger partial charge is 0.269 e. The maximum atomic E-state index is 12.1. The van der Waals surface area contributed by atoms with Crippen molar-refractivity contribution in [1.82, 2.24) is 16.2 Å². The number of unbranched alkanes of at least 4 members (excludes halogenated alkanes) is 1. The maximum Gasteiger partial charge on any atom is 0.269 e. The summed E-state index contributed by atoms with van der Waals surface area (Å²) in [6, 6.07) is 10.2. The van der Waals surface area contributed by atoms with Gasteiger partial charge in [-0.3, -0.25) is 30.6 Å². The van der Waals surface area contributed by atoms with Gasteiger partial charge in [0.15, 0.2) is 5.11 Å². The van der Waals surface area contributed by atoms with Crippen LogP contribution in [0.3, 0.4) is 0 Å². The Balaban J connectivity index is 1.75. The van der Waals surface area contributed by atoms with E-state index in [1.54, 1.807) is 30.3 Å². The number of carbonyl (C=O) groups is 3. The molecule has 0 saturated carbocycles. The van der Waals surface area contributed by atoms with Crippen molar-refractivity contribution in [2.75, 3.05) is 5.32 Å². The molecule has 0 aliphatic heterocycles. The number of hydrazine groups is 1. The summed E-state index contributed by atoms with van der Waals surface area (Å²) in [5, 5.41) is 7.09. The normalized spacial score (nSPS) is 10.4. The van der Waals surface area contributed by atoms with Gasteiger partial charge in [-0.15, -0.1) is 11.3 Å². The van der Waals surface area contributed by atoms with Crippen molar-refractivity contribution in [2.45, 2.75) is 26.2 Å². The van der Waals surface area contributed by atoms with E-state index in [4.69, 9.17) is 12.2 Å². The molecule has 1 aromatic carbocycles. The lowest BCUT2D eigenvalue weighted by atomic mass is 10.2. The SMILES string of the molecule is CCCCC(=O)Nc1ccc(C(=O)NNC(=S)NC(=O)C=Cc2cccs2)cc1. The number of carbonyl (C=O) groups excluding carboxylic acids is 3. The van der Waals surface area contributed by atoms with Crippen molar-refractivity contribution in [3.63, 3.8) is 0 Å². The van der Waals surface area contributed by atoms with Gasteiger partial charge in [0.25, 0.3) is 5.91 Å². The number of thiocarbonyl (C=S) groups is 1. The number of hydrogen-bond acceptors (Lipinski definition) is 5. The van der Waals surface area contributed by atoms with Crippen LogP contribution in [0, 0.1) is 0 Å². The fourth-order valence-corrected chi connectivity index (χ4v) is 2.95. The number of rotatable bonds is 7. The van der Waals surface area contributed by atoms with E-state index < -0.39 is 11.8 Å². The summed E-state index contributed by atoms with van der Waals surface area (Å²) in [4.78, 5) is 36.6. The van der Waals surface area contributed by atoms with Crippen molar-refractivity contribution in [3.05, 3.63) is 58.3 Å². The summed E-state index contributed by atoms with van der Waals surface area (Å²) in [6.07, 6.45) is 5.28. The van der Waals surface area contributed by atoms with Gasteiger partial charge in [0.2, 0.25) is 11.8 Å². The average molecular weight is 431 g/mol. The van der Waals surface area contributed by atoms with Crippen molar-refractivity contribution >= 4 is 58.2 Å². The highest BCUT2D eigenvalue weighted by molar-refractivity contribution is 7.80. The van der Waals surface area contributed by atoms with Crippen molar-refractivity contribution in [1.29, 1.82) is 0 Å². The Morgan fingerprint density at radius 3 is 2.52 bits per heavy atom. The molecule has 9 heteroatoms. The standard InChI is InChI=1S/C20H22N4O3S2/c1-2-3-6-17(25)21-15-9-7-14(8-10-15)19(27)23-24-20(28)22-18(26)12-11-16-5-4-13-29-16/h4-5,7-13H,2-3,6H2,1H3,(H,21,25)(H,23,27)(H2,22,24,26,28). The van der Waals surface area contributed by atoms with Gasteiger partial charge >= 0.3 is 0 Å². The number of anilines is 1. The third kappa shape index (κ3) is 8.24. The van der Waals surface area contributed by atoms with E-state index in [0.29, 0.717) is 17.7 Å². The highest BCUT2D eigenvalue weighted by Crippen LogP contribution is 2.11. The molecule has 1 heterocycles. The average Bonchev–Trinajstić information content (AvgIpc) is 3.23. The Labute approximate surface area is 178 Å². The van der Waals surface area contributed by atoms with Gasteiger partial charge < -0.3 is 5.32 Å². The number of hydrogen-bond donors (Lipinski definition) is 4. The summed E-state index contributed by atoms with van der Waals surface area (Å²) in [6.45, 7) is 2.02. The van der Waals surface area contributed by atoms with Crippen LogP contribution in [0.25, 0.3) is 6.08 Å². The van der Waals surface area contributed by atoms with Crippen molar-refractivity contribution in [3.8, 4) is 0 Å². The van der Waals surface area contributed by atoms with Crippen LogP contribution in [0.5, 0.6) is 0 Å². The third-order valence-electron chi connectivity index (χ3n) is 3.66. The van der Waals surface area contributed by atoms with Crippen LogP contribution < -0.4 is 21.5 Å². The molecule has 1 aromatic heterocycles. The lowest BCUT2D eigenvalue weighted by Crippen LogP contribution is -2.48. The molecule has 0 bridgehead atoms. The van der Waals surface area contributed by atoms with E-state index in [0.717, 1.165) is 17.7 Å². The zero-order chi connectivity index (χ0) is 21.1. The molecule has 0 saturated heterocycles. The van der Waals surface area contributed by atoms with Gasteiger partial charge in [-0.05, 0) is 60.4 Å². The number of nitrogens with one attached hydrogen (secondary N) is 4. The molecule has 0 fully saturated rings. The summed E-state index contributed by atoms with van der Waals surface area (Å²) in [5.74, 6) is -0.896. The third-order valence-corrected chi connectivity index (χ3v) is 4.70. The Hall–Kier alpha value is -3.04. The van der Waals surface area contributed by atoms with Gasteiger partial charge in [0, 0.05) is 28.6 Å². The predicted octanol–water partition coefficient (Wildman–Crippen LogP) is 3.23. The van der Waals surface area contributed by atoms with Gasteiger partial charge in [-0.1, -0.05) is 19.4 Å². The molecule has 0 atom stereocenters. The van der Waals surface area contributed by atoms with E-state index in [1.807, 2.05) is 24.4 Å². The molecule has 0 aliphatic rings.